The molecule has 3 amide bonds. The highest BCUT2D eigenvalue weighted by molar-refractivity contribution is 7.19. The molecule has 0 aliphatic carbocycles. The van der Waals surface area contributed by atoms with Gasteiger partial charge in [0.15, 0.2) is 5.69 Å². The van der Waals surface area contributed by atoms with Crippen LogP contribution < -0.4 is 21.3 Å². The van der Waals surface area contributed by atoms with E-state index in [1.807, 2.05) is 30.3 Å². The van der Waals surface area contributed by atoms with Gasteiger partial charge < -0.3 is 10.6 Å². The van der Waals surface area contributed by atoms with E-state index in [1.165, 1.54) is 23.9 Å². The Hall–Kier alpha value is -3.37. The lowest BCUT2D eigenvalue weighted by atomic mass is 10.1. The van der Waals surface area contributed by atoms with Gasteiger partial charge in [0.05, 0.1) is 0 Å². The molecule has 9 nitrogen and oxygen atoms in total. The fourth-order valence-electron chi connectivity index (χ4n) is 3.27. The highest BCUT2D eigenvalue weighted by Gasteiger charge is 2.23. The summed E-state index contributed by atoms with van der Waals surface area (Å²) < 4.78 is 0. The second kappa shape index (κ2) is 10.1. The molecule has 4 N–H and O–H groups in total. The van der Waals surface area contributed by atoms with Crippen LogP contribution in [0.15, 0.2) is 48.9 Å². The van der Waals surface area contributed by atoms with E-state index < -0.39 is 6.03 Å². The van der Waals surface area contributed by atoms with E-state index >= 15 is 0 Å². The lowest BCUT2D eigenvalue weighted by molar-refractivity contribution is 0.0932. The van der Waals surface area contributed by atoms with Crippen LogP contribution in [-0.4, -0.2) is 46.0 Å². The Labute approximate surface area is 183 Å². The SMILES string of the molecule is O=C(Nc1ccncn1)Nc1sc(-c2ccccc2)nc1C(=O)N[C@H]1CCCCNC1. The number of hydrogen-bond donors (Lipinski definition) is 4. The van der Waals surface area contributed by atoms with E-state index in [2.05, 4.69) is 36.2 Å². The third-order valence-corrected chi connectivity index (χ3v) is 5.82. The van der Waals surface area contributed by atoms with E-state index in [1.54, 1.807) is 6.07 Å². The number of hydrogen-bond acceptors (Lipinski definition) is 7. The van der Waals surface area contributed by atoms with Crippen molar-refractivity contribution >= 4 is 34.1 Å². The molecule has 0 radical (unpaired) electrons. The van der Waals surface area contributed by atoms with Gasteiger partial charge in [-0.2, -0.15) is 0 Å². The Morgan fingerprint density at radius 1 is 1.10 bits per heavy atom. The lowest BCUT2D eigenvalue weighted by Gasteiger charge is -2.16. The lowest BCUT2D eigenvalue weighted by Crippen LogP contribution is -2.41. The summed E-state index contributed by atoms with van der Waals surface area (Å²) in [6, 6.07) is 10.7. The first-order chi connectivity index (χ1) is 15.2. The molecule has 0 saturated carbocycles. The Morgan fingerprint density at radius 2 is 1.97 bits per heavy atom. The van der Waals surface area contributed by atoms with Crippen molar-refractivity contribution in [2.45, 2.75) is 25.3 Å². The van der Waals surface area contributed by atoms with Gasteiger partial charge in [0.1, 0.15) is 22.2 Å². The maximum absolute atomic E-state index is 13.0. The summed E-state index contributed by atoms with van der Waals surface area (Å²) in [5, 5.41) is 12.8. The molecule has 3 aromatic rings. The summed E-state index contributed by atoms with van der Waals surface area (Å²) in [6.45, 7) is 1.68. The number of rotatable bonds is 5. The normalized spacial score (nSPS) is 16.2. The maximum Gasteiger partial charge on any atom is 0.325 e. The summed E-state index contributed by atoms with van der Waals surface area (Å²) in [5.41, 5.74) is 1.08. The minimum atomic E-state index is -0.507. The molecule has 31 heavy (non-hydrogen) atoms. The standard InChI is InChI=1S/C21H23N7O2S/c29-18(25-15-8-4-5-10-22-12-15)17-20(28-21(30)26-16-9-11-23-13-24-16)31-19(27-17)14-6-2-1-3-7-14/h1-3,6-7,9,11,13,15,22H,4-5,8,10,12H2,(H,25,29)(H2,23,24,26,28,30)/t15-/m0/s1. The monoisotopic (exact) mass is 437 g/mol. The van der Waals surface area contributed by atoms with Crippen molar-refractivity contribution in [3.63, 3.8) is 0 Å². The molecule has 0 bridgehead atoms. The van der Waals surface area contributed by atoms with E-state index in [-0.39, 0.29) is 17.6 Å². The van der Waals surface area contributed by atoms with Crippen LogP contribution in [0.5, 0.6) is 0 Å². The highest BCUT2D eigenvalue weighted by Crippen LogP contribution is 2.32. The van der Waals surface area contributed by atoms with Crippen LogP contribution in [0.25, 0.3) is 10.6 Å². The maximum atomic E-state index is 13.0. The summed E-state index contributed by atoms with van der Waals surface area (Å²) >= 11 is 1.25. The number of nitrogens with zero attached hydrogens (tertiary/aromatic N) is 3. The third kappa shape index (κ3) is 5.62. The minimum absolute atomic E-state index is 0.0274. The zero-order valence-electron chi connectivity index (χ0n) is 16.8. The molecule has 2 aromatic heterocycles. The molecule has 3 heterocycles. The first-order valence-electron chi connectivity index (χ1n) is 10.1. The first kappa shape index (κ1) is 20.9. The molecule has 1 fully saturated rings. The number of carbonyl (C=O) groups is 2. The van der Waals surface area contributed by atoms with E-state index in [4.69, 9.17) is 0 Å². The number of anilines is 2. The summed E-state index contributed by atoms with van der Waals surface area (Å²) in [4.78, 5) is 37.9. The molecule has 0 spiro atoms. The van der Waals surface area contributed by atoms with Gasteiger partial charge in [0.25, 0.3) is 5.91 Å². The van der Waals surface area contributed by atoms with E-state index in [0.29, 0.717) is 15.8 Å². The van der Waals surface area contributed by atoms with Gasteiger partial charge in [-0.05, 0) is 25.5 Å². The number of thiazole rings is 1. The molecule has 1 aliphatic heterocycles. The van der Waals surface area contributed by atoms with Crippen LogP contribution in [0.2, 0.25) is 0 Å². The van der Waals surface area contributed by atoms with Gasteiger partial charge in [-0.3, -0.25) is 15.4 Å². The summed E-state index contributed by atoms with van der Waals surface area (Å²) in [7, 11) is 0. The largest absolute Gasteiger partial charge is 0.347 e. The number of benzene rings is 1. The van der Waals surface area contributed by atoms with Crippen LogP contribution in [-0.2, 0) is 0 Å². The molecule has 4 rings (SSSR count). The fourth-order valence-corrected chi connectivity index (χ4v) is 4.24. The topological polar surface area (TPSA) is 121 Å². The van der Waals surface area contributed by atoms with Crippen molar-refractivity contribution in [3.8, 4) is 10.6 Å². The molecule has 10 heteroatoms. The smallest absolute Gasteiger partial charge is 0.325 e. The third-order valence-electron chi connectivity index (χ3n) is 4.80. The van der Waals surface area contributed by atoms with Gasteiger partial charge in [-0.25, -0.2) is 19.7 Å². The highest BCUT2D eigenvalue weighted by atomic mass is 32.1. The number of carbonyl (C=O) groups excluding carboxylic acids is 2. The van der Waals surface area contributed by atoms with Gasteiger partial charge >= 0.3 is 6.03 Å². The van der Waals surface area contributed by atoms with Crippen molar-refractivity contribution in [1.29, 1.82) is 0 Å². The predicted molar refractivity (Wildman–Crippen MR) is 120 cm³/mol. The molecule has 0 unspecified atom stereocenters. The van der Waals surface area contributed by atoms with Crippen molar-refractivity contribution in [2.24, 2.45) is 0 Å². The van der Waals surface area contributed by atoms with Gasteiger partial charge in [0.2, 0.25) is 0 Å². The second-order valence-electron chi connectivity index (χ2n) is 7.11. The van der Waals surface area contributed by atoms with Gasteiger partial charge in [-0.1, -0.05) is 48.1 Å². The quantitative estimate of drug-likeness (QED) is 0.487. The van der Waals surface area contributed by atoms with Crippen LogP contribution >= 0.6 is 11.3 Å². The van der Waals surface area contributed by atoms with Crippen LogP contribution in [0, 0.1) is 0 Å². The zero-order valence-corrected chi connectivity index (χ0v) is 17.6. The van der Waals surface area contributed by atoms with Crippen LogP contribution in [0.1, 0.15) is 29.8 Å². The van der Waals surface area contributed by atoms with Gasteiger partial charge in [-0.15, -0.1) is 0 Å². The van der Waals surface area contributed by atoms with Gasteiger partial charge in [0, 0.05) is 24.3 Å². The minimum Gasteiger partial charge on any atom is -0.347 e. The Balaban J connectivity index is 1.55. The summed E-state index contributed by atoms with van der Waals surface area (Å²) in [6.07, 6.45) is 5.93. The molecule has 1 atom stereocenters. The van der Waals surface area contributed by atoms with Crippen molar-refractivity contribution < 1.29 is 9.59 Å². The number of nitrogens with one attached hydrogen (secondary N) is 4. The Kier molecular flexibility index (Phi) is 6.80. The Bertz CT molecular complexity index is 1020. The van der Waals surface area contributed by atoms with E-state index in [9.17, 15) is 9.59 Å². The van der Waals surface area contributed by atoms with Crippen LogP contribution in [0.3, 0.4) is 0 Å². The van der Waals surface area contributed by atoms with Crippen LogP contribution in [0.4, 0.5) is 15.6 Å². The molecule has 1 aromatic carbocycles. The zero-order chi connectivity index (χ0) is 21.5. The second-order valence-corrected chi connectivity index (χ2v) is 8.11. The van der Waals surface area contributed by atoms with Crippen molar-refractivity contribution in [1.82, 2.24) is 25.6 Å². The molecule has 1 saturated heterocycles. The van der Waals surface area contributed by atoms with E-state index in [0.717, 1.165) is 37.9 Å². The van der Waals surface area contributed by atoms with Crippen molar-refractivity contribution in [3.05, 3.63) is 54.6 Å². The van der Waals surface area contributed by atoms with Crippen molar-refractivity contribution in [2.75, 3.05) is 23.7 Å². The predicted octanol–water partition coefficient (Wildman–Crippen LogP) is 3.12. The fraction of sp³-hybridized carbons (Fsp3) is 0.286. The Morgan fingerprint density at radius 3 is 2.77 bits per heavy atom. The summed E-state index contributed by atoms with van der Waals surface area (Å²) in [5.74, 6) is 0.0558. The molecular formula is C21H23N7O2S. The number of amides is 3. The molecular weight excluding hydrogens is 414 g/mol. The number of aromatic nitrogens is 3. The average molecular weight is 438 g/mol. The molecule has 160 valence electrons. The first-order valence-corrected chi connectivity index (χ1v) is 10.9. The molecule has 1 aliphatic rings. The average Bonchev–Trinajstić information content (AvgIpc) is 3.03. The number of urea groups is 1.